The standard InChI is InChI=1S/C20H19N5O4/c1-12-15(13(2)29-24-12)11-28-16-8-7-14(10-17(16)27-3)19(26)21-20-23-22-18-6-4-5-9-25(18)20/h4-10H,11H2,1-3H3,(H,21,23,26). The van der Waals surface area contributed by atoms with E-state index in [2.05, 4.69) is 20.7 Å². The van der Waals surface area contributed by atoms with Crippen molar-refractivity contribution in [3.05, 3.63) is 65.2 Å². The van der Waals surface area contributed by atoms with Crippen molar-refractivity contribution in [2.24, 2.45) is 0 Å². The van der Waals surface area contributed by atoms with E-state index >= 15 is 0 Å². The molecule has 4 rings (SSSR count). The van der Waals surface area contributed by atoms with Gasteiger partial charge in [-0.25, -0.2) is 0 Å². The highest BCUT2D eigenvalue weighted by Crippen LogP contribution is 2.30. The van der Waals surface area contributed by atoms with Crippen molar-refractivity contribution < 1.29 is 18.8 Å². The number of methoxy groups -OCH3 is 1. The molecule has 0 fully saturated rings. The Morgan fingerprint density at radius 1 is 1.17 bits per heavy atom. The minimum atomic E-state index is -0.335. The number of amides is 1. The summed E-state index contributed by atoms with van der Waals surface area (Å²) in [6.07, 6.45) is 1.77. The summed E-state index contributed by atoms with van der Waals surface area (Å²) in [5.41, 5.74) is 2.70. The number of rotatable bonds is 6. The van der Waals surface area contributed by atoms with Crippen molar-refractivity contribution in [1.29, 1.82) is 0 Å². The lowest BCUT2D eigenvalue weighted by atomic mass is 10.2. The van der Waals surface area contributed by atoms with Crippen LogP contribution < -0.4 is 14.8 Å². The molecule has 0 radical (unpaired) electrons. The molecule has 0 atom stereocenters. The van der Waals surface area contributed by atoms with Crippen LogP contribution in [0.1, 0.15) is 27.4 Å². The molecule has 0 aliphatic carbocycles. The molecule has 1 aromatic carbocycles. The second-order valence-corrected chi connectivity index (χ2v) is 6.36. The van der Waals surface area contributed by atoms with Crippen molar-refractivity contribution in [3.8, 4) is 11.5 Å². The topological polar surface area (TPSA) is 104 Å². The smallest absolute Gasteiger partial charge is 0.258 e. The zero-order chi connectivity index (χ0) is 20.4. The van der Waals surface area contributed by atoms with Crippen LogP contribution in [0.15, 0.2) is 47.1 Å². The fraction of sp³-hybridized carbons (Fsp3) is 0.200. The number of pyridine rings is 1. The van der Waals surface area contributed by atoms with Crippen LogP contribution in [0, 0.1) is 13.8 Å². The first-order chi connectivity index (χ1) is 14.1. The molecule has 0 spiro atoms. The maximum atomic E-state index is 12.7. The quantitative estimate of drug-likeness (QED) is 0.536. The van der Waals surface area contributed by atoms with E-state index in [1.165, 1.54) is 7.11 Å². The Kier molecular flexibility index (Phi) is 4.86. The molecule has 29 heavy (non-hydrogen) atoms. The Bertz CT molecular complexity index is 1160. The molecule has 9 nitrogen and oxygen atoms in total. The average molecular weight is 393 g/mol. The van der Waals surface area contributed by atoms with E-state index in [0.717, 1.165) is 11.3 Å². The molecule has 1 N–H and O–H groups in total. The minimum absolute atomic E-state index is 0.287. The van der Waals surface area contributed by atoms with E-state index in [4.69, 9.17) is 14.0 Å². The van der Waals surface area contributed by atoms with E-state index < -0.39 is 0 Å². The number of fused-ring (bicyclic) bond motifs is 1. The fourth-order valence-corrected chi connectivity index (χ4v) is 2.89. The summed E-state index contributed by atoms with van der Waals surface area (Å²) in [6.45, 7) is 3.97. The molecule has 148 valence electrons. The van der Waals surface area contributed by atoms with Gasteiger partial charge in [-0.1, -0.05) is 11.2 Å². The number of nitrogens with one attached hydrogen (secondary N) is 1. The summed E-state index contributed by atoms with van der Waals surface area (Å²) in [5, 5.41) is 14.7. The van der Waals surface area contributed by atoms with Crippen LogP contribution in [0.4, 0.5) is 5.95 Å². The van der Waals surface area contributed by atoms with Gasteiger partial charge in [0.15, 0.2) is 17.1 Å². The molecule has 0 unspecified atom stereocenters. The highest BCUT2D eigenvalue weighted by atomic mass is 16.5. The average Bonchev–Trinajstić information content (AvgIpc) is 3.29. The third kappa shape index (κ3) is 3.62. The first kappa shape index (κ1) is 18.5. The predicted octanol–water partition coefficient (Wildman–Crippen LogP) is 3.17. The van der Waals surface area contributed by atoms with Crippen LogP contribution >= 0.6 is 0 Å². The van der Waals surface area contributed by atoms with Crippen molar-refractivity contribution in [2.45, 2.75) is 20.5 Å². The first-order valence-electron chi connectivity index (χ1n) is 8.90. The lowest BCUT2D eigenvalue weighted by molar-refractivity contribution is 0.102. The van der Waals surface area contributed by atoms with Gasteiger partial charge in [0, 0.05) is 11.8 Å². The monoisotopic (exact) mass is 393 g/mol. The van der Waals surface area contributed by atoms with E-state index in [9.17, 15) is 4.79 Å². The van der Waals surface area contributed by atoms with Gasteiger partial charge in [0.25, 0.3) is 5.91 Å². The third-order valence-electron chi connectivity index (χ3n) is 4.52. The van der Waals surface area contributed by atoms with Gasteiger partial charge in [0.2, 0.25) is 5.95 Å². The highest BCUT2D eigenvalue weighted by molar-refractivity contribution is 6.03. The minimum Gasteiger partial charge on any atom is -0.493 e. The number of aryl methyl sites for hydroxylation is 2. The van der Waals surface area contributed by atoms with Crippen molar-refractivity contribution >= 4 is 17.5 Å². The third-order valence-corrected chi connectivity index (χ3v) is 4.52. The van der Waals surface area contributed by atoms with E-state index in [0.29, 0.717) is 34.4 Å². The largest absolute Gasteiger partial charge is 0.493 e. The van der Waals surface area contributed by atoms with Gasteiger partial charge in [-0.3, -0.25) is 14.5 Å². The van der Waals surface area contributed by atoms with Crippen LogP contribution in [0.2, 0.25) is 0 Å². The number of carbonyl (C=O) groups is 1. The van der Waals surface area contributed by atoms with Crippen molar-refractivity contribution in [1.82, 2.24) is 19.8 Å². The number of hydrogen-bond acceptors (Lipinski definition) is 7. The van der Waals surface area contributed by atoms with E-state index in [1.807, 2.05) is 26.0 Å². The fourth-order valence-electron chi connectivity index (χ4n) is 2.89. The number of carbonyl (C=O) groups excluding carboxylic acids is 1. The van der Waals surface area contributed by atoms with Crippen molar-refractivity contribution in [2.75, 3.05) is 12.4 Å². The second kappa shape index (κ2) is 7.63. The molecule has 3 aromatic heterocycles. The van der Waals surface area contributed by atoms with E-state index in [-0.39, 0.29) is 12.5 Å². The Morgan fingerprint density at radius 3 is 2.79 bits per heavy atom. The Balaban J connectivity index is 1.52. The van der Waals surface area contributed by atoms with Gasteiger partial charge in [-0.15, -0.1) is 10.2 Å². The summed E-state index contributed by atoms with van der Waals surface area (Å²) < 4.78 is 18.1. The maximum absolute atomic E-state index is 12.7. The molecule has 3 heterocycles. The van der Waals surface area contributed by atoms with Crippen LogP contribution in [0.3, 0.4) is 0 Å². The second-order valence-electron chi connectivity index (χ2n) is 6.36. The summed E-state index contributed by atoms with van der Waals surface area (Å²) in [5.74, 6) is 1.66. The van der Waals surface area contributed by atoms with Crippen LogP contribution in [0.25, 0.3) is 5.65 Å². The molecule has 0 saturated heterocycles. The van der Waals surface area contributed by atoms with Gasteiger partial charge in [0.05, 0.1) is 18.4 Å². The van der Waals surface area contributed by atoms with Gasteiger partial charge in [-0.2, -0.15) is 0 Å². The molecule has 1 amide bonds. The lowest BCUT2D eigenvalue weighted by Crippen LogP contribution is -2.14. The van der Waals surface area contributed by atoms with Gasteiger partial charge in [0.1, 0.15) is 12.4 Å². The number of hydrogen-bond donors (Lipinski definition) is 1. The van der Waals surface area contributed by atoms with Crippen LogP contribution in [-0.4, -0.2) is 32.8 Å². The number of ether oxygens (including phenoxy) is 2. The normalized spacial score (nSPS) is 10.9. The van der Waals surface area contributed by atoms with Gasteiger partial charge >= 0.3 is 0 Å². The Labute approximate surface area is 166 Å². The van der Waals surface area contributed by atoms with Crippen molar-refractivity contribution in [3.63, 3.8) is 0 Å². The van der Waals surface area contributed by atoms with Crippen LogP contribution in [-0.2, 0) is 6.61 Å². The molecule has 0 bridgehead atoms. The SMILES string of the molecule is COc1cc(C(=O)Nc2nnc3ccccn23)ccc1OCc1c(C)noc1C. The van der Waals surface area contributed by atoms with Gasteiger partial charge < -0.3 is 14.0 Å². The highest BCUT2D eigenvalue weighted by Gasteiger charge is 2.16. The predicted molar refractivity (Wildman–Crippen MR) is 104 cm³/mol. The summed E-state index contributed by atoms with van der Waals surface area (Å²) in [4.78, 5) is 12.7. The summed E-state index contributed by atoms with van der Waals surface area (Å²) in [7, 11) is 1.52. The molecule has 0 saturated carbocycles. The molecule has 0 aliphatic rings. The number of nitrogens with zero attached hydrogens (tertiary/aromatic N) is 4. The number of aromatic nitrogens is 4. The maximum Gasteiger partial charge on any atom is 0.258 e. The zero-order valence-electron chi connectivity index (χ0n) is 16.2. The Morgan fingerprint density at radius 2 is 2.03 bits per heavy atom. The lowest BCUT2D eigenvalue weighted by Gasteiger charge is -2.12. The summed E-state index contributed by atoms with van der Waals surface area (Å²) in [6, 6.07) is 10.4. The summed E-state index contributed by atoms with van der Waals surface area (Å²) >= 11 is 0. The first-order valence-corrected chi connectivity index (χ1v) is 8.90. The number of anilines is 1. The molecule has 9 heteroatoms. The van der Waals surface area contributed by atoms with Crippen LogP contribution in [0.5, 0.6) is 11.5 Å². The number of benzene rings is 1. The zero-order valence-corrected chi connectivity index (χ0v) is 16.2. The molecule has 4 aromatic rings. The van der Waals surface area contributed by atoms with E-state index in [1.54, 1.807) is 34.9 Å². The van der Waals surface area contributed by atoms with Gasteiger partial charge in [-0.05, 0) is 44.2 Å². The molecular weight excluding hydrogens is 374 g/mol. The molecule has 0 aliphatic heterocycles. The molecular formula is C20H19N5O4. The Hall–Kier alpha value is -3.88.